The van der Waals surface area contributed by atoms with E-state index in [1.54, 1.807) is 60.7 Å². The zero-order valence-electron chi connectivity index (χ0n) is 23.7. The number of carbonyl (C=O) groups excluding carboxylic acids is 3. The van der Waals surface area contributed by atoms with Crippen LogP contribution in [0.5, 0.6) is 0 Å². The van der Waals surface area contributed by atoms with E-state index >= 15 is 0 Å². The molecular formula is C36H27Cl2N3O3S. The van der Waals surface area contributed by atoms with E-state index in [4.69, 9.17) is 23.2 Å². The molecule has 0 fully saturated rings. The molecule has 0 bridgehead atoms. The van der Waals surface area contributed by atoms with Crippen LogP contribution in [0.1, 0.15) is 26.7 Å². The van der Waals surface area contributed by atoms with Crippen molar-refractivity contribution in [1.29, 1.82) is 0 Å². The third kappa shape index (κ3) is 8.86. The van der Waals surface area contributed by atoms with Crippen molar-refractivity contribution in [1.82, 2.24) is 5.32 Å². The molecule has 5 rings (SSSR count). The first-order chi connectivity index (χ1) is 21.9. The highest BCUT2D eigenvalue weighted by molar-refractivity contribution is 8.00. The first kappa shape index (κ1) is 31.6. The smallest absolute Gasteiger partial charge is 0.272 e. The van der Waals surface area contributed by atoms with Crippen LogP contribution in [-0.4, -0.2) is 17.7 Å². The number of benzene rings is 5. The Hall–Kier alpha value is -4.82. The Morgan fingerprint density at radius 3 is 1.89 bits per heavy atom. The van der Waals surface area contributed by atoms with Crippen molar-refractivity contribution in [2.75, 3.05) is 10.6 Å². The highest BCUT2D eigenvalue weighted by atomic mass is 35.5. The molecule has 1 unspecified atom stereocenters. The summed E-state index contributed by atoms with van der Waals surface area (Å²) in [7, 11) is 0. The van der Waals surface area contributed by atoms with Crippen LogP contribution in [0.25, 0.3) is 6.08 Å². The molecule has 224 valence electrons. The number of nitrogens with one attached hydrogen (secondary N) is 3. The van der Waals surface area contributed by atoms with Gasteiger partial charge in [-0.2, -0.15) is 0 Å². The first-order valence-electron chi connectivity index (χ1n) is 13.9. The van der Waals surface area contributed by atoms with Gasteiger partial charge in [-0.15, -0.1) is 11.8 Å². The number of amides is 3. The second kappa shape index (κ2) is 15.3. The number of hydrogen-bond acceptors (Lipinski definition) is 4. The van der Waals surface area contributed by atoms with Gasteiger partial charge in [0.15, 0.2) is 0 Å². The summed E-state index contributed by atoms with van der Waals surface area (Å²) in [5.74, 6) is -1.11. The van der Waals surface area contributed by atoms with Crippen LogP contribution >= 0.6 is 35.0 Å². The van der Waals surface area contributed by atoms with Gasteiger partial charge in [0.1, 0.15) is 10.9 Å². The van der Waals surface area contributed by atoms with Crippen molar-refractivity contribution >= 4 is 70.1 Å². The fourth-order valence-corrected chi connectivity index (χ4v) is 5.61. The lowest BCUT2D eigenvalue weighted by Gasteiger charge is -2.18. The number of halogens is 2. The van der Waals surface area contributed by atoms with E-state index in [1.807, 2.05) is 78.9 Å². The number of rotatable bonds is 10. The van der Waals surface area contributed by atoms with Crippen LogP contribution in [-0.2, 0) is 9.59 Å². The minimum Gasteiger partial charge on any atom is -0.325 e. The molecule has 0 aromatic heterocycles. The molecule has 0 spiro atoms. The normalized spacial score (nSPS) is 11.7. The maximum atomic E-state index is 13.4. The molecule has 0 aliphatic heterocycles. The molecule has 3 N–H and O–H groups in total. The Morgan fingerprint density at radius 2 is 1.24 bits per heavy atom. The van der Waals surface area contributed by atoms with Gasteiger partial charge in [-0.05, 0) is 71.8 Å². The molecule has 0 saturated heterocycles. The largest absolute Gasteiger partial charge is 0.325 e. The van der Waals surface area contributed by atoms with Crippen molar-refractivity contribution in [2.24, 2.45) is 0 Å². The van der Waals surface area contributed by atoms with E-state index in [-0.39, 0.29) is 11.6 Å². The van der Waals surface area contributed by atoms with Gasteiger partial charge in [0.05, 0.1) is 10.0 Å². The SMILES string of the molecule is O=C(Nc1ccc(SC(C(=O)Nc2ccc(Cl)c(Cl)c2)c2ccccc2)cc1)/C(=C/c1ccccc1)NC(=O)c1ccccc1. The van der Waals surface area contributed by atoms with E-state index in [0.29, 0.717) is 27.0 Å². The average molecular weight is 653 g/mol. The van der Waals surface area contributed by atoms with Crippen LogP contribution in [0, 0.1) is 0 Å². The zero-order valence-corrected chi connectivity index (χ0v) is 26.1. The van der Waals surface area contributed by atoms with Gasteiger partial charge >= 0.3 is 0 Å². The standard InChI is InChI=1S/C36H27Cl2N3O3S/c37-30-21-18-28(23-31(30)38)40-36(44)33(25-12-6-2-7-13-25)45-29-19-16-27(17-20-29)39-35(43)32(22-24-10-4-1-5-11-24)41-34(42)26-14-8-3-9-15-26/h1-23,33H,(H,39,43)(H,40,44)(H,41,42)/b32-22-. The first-order valence-corrected chi connectivity index (χ1v) is 15.5. The summed E-state index contributed by atoms with van der Waals surface area (Å²) in [6.45, 7) is 0. The quantitative estimate of drug-likeness (QED) is 0.104. The molecule has 0 heterocycles. The van der Waals surface area contributed by atoms with Gasteiger partial charge in [0, 0.05) is 21.8 Å². The van der Waals surface area contributed by atoms with Crippen molar-refractivity contribution in [2.45, 2.75) is 10.1 Å². The Balaban J connectivity index is 1.31. The van der Waals surface area contributed by atoms with Gasteiger partial charge in [-0.1, -0.05) is 102 Å². The van der Waals surface area contributed by atoms with E-state index in [9.17, 15) is 14.4 Å². The molecule has 3 amide bonds. The van der Waals surface area contributed by atoms with Crippen molar-refractivity contribution in [3.8, 4) is 0 Å². The Kier molecular flexibility index (Phi) is 10.7. The Bertz CT molecular complexity index is 1820. The van der Waals surface area contributed by atoms with Crippen LogP contribution in [0.2, 0.25) is 10.0 Å². The van der Waals surface area contributed by atoms with Crippen LogP contribution < -0.4 is 16.0 Å². The Morgan fingerprint density at radius 1 is 0.644 bits per heavy atom. The van der Waals surface area contributed by atoms with E-state index in [1.165, 1.54) is 11.8 Å². The predicted molar refractivity (Wildman–Crippen MR) is 184 cm³/mol. The molecule has 5 aromatic carbocycles. The molecule has 0 aliphatic carbocycles. The van der Waals surface area contributed by atoms with Gasteiger partial charge in [0.25, 0.3) is 11.8 Å². The molecule has 5 aromatic rings. The molecule has 6 nitrogen and oxygen atoms in total. The number of thioether (sulfide) groups is 1. The van der Waals surface area contributed by atoms with Crippen LogP contribution in [0.3, 0.4) is 0 Å². The summed E-state index contributed by atoms with van der Waals surface area (Å²) in [6.07, 6.45) is 1.62. The highest BCUT2D eigenvalue weighted by Crippen LogP contribution is 2.37. The maximum absolute atomic E-state index is 13.4. The third-order valence-corrected chi connectivity index (χ3v) is 8.54. The summed E-state index contributed by atoms with van der Waals surface area (Å²) in [5, 5.41) is 8.70. The summed E-state index contributed by atoms with van der Waals surface area (Å²) in [4.78, 5) is 40.5. The summed E-state index contributed by atoms with van der Waals surface area (Å²) in [5.41, 5.74) is 3.16. The Labute approximate surface area is 275 Å². The monoisotopic (exact) mass is 651 g/mol. The minimum atomic E-state index is -0.574. The third-order valence-electron chi connectivity index (χ3n) is 6.53. The summed E-state index contributed by atoms with van der Waals surface area (Å²) >= 11 is 13.5. The number of hydrogen-bond donors (Lipinski definition) is 3. The highest BCUT2D eigenvalue weighted by Gasteiger charge is 2.23. The van der Waals surface area contributed by atoms with Crippen molar-refractivity contribution < 1.29 is 14.4 Å². The summed E-state index contributed by atoms with van der Waals surface area (Å²) in [6, 6.07) is 39.5. The maximum Gasteiger partial charge on any atom is 0.272 e. The lowest BCUT2D eigenvalue weighted by molar-refractivity contribution is -0.116. The molecule has 0 radical (unpaired) electrons. The lowest BCUT2D eigenvalue weighted by atomic mass is 10.1. The fraction of sp³-hybridized carbons (Fsp3) is 0.0278. The predicted octanol–water partition coefficient (Wildman–Crippen LogP) is 8.88. The number of anilines is 2. The van der Waals surface area contributed by atoms with Crippen LogP contribution in [0.15, 0.2) is 144 Å². The molecule has 45 heavy (non-hydrogen) atoms. The topological polar surface area (TPSA) is 87.3 Å². The number of carbonyl (C=O) groups is 3. The molecule has 1 atom stereocenters. The average Bonchev–Trinajstić information content (AvgIpc) is 3.07. The minimum absolute atomic E-state index is 0.0941. The fourth-order valence-electron chi connectivity index (χ4n) is 4.29. The lowest BCUT2D eigenvalue weighted by Crippen LogP contribution is -2.30. The molecular weight excluding hydrogens is 625 g/mol. The van der Waals surface area contributed by atoms with Crippen molar-refractivity contribution in [3.63, 3.8) is 0 Å². The zero-order chi connectivity index (χ0) is 31.6. The molecule has 9 heteroatoms. The van der Waals surface area contributed by atoms with E-state index in [0.717, 1.165) is 16.0 Å². The van der Waals surface area contributed by atoms with Gasteiger partial charge < -0.3 is 16.0 Å². The molecule has 0 saturated carbocycles. The van der Waals surface area contributed by atoms with Gasteiger partial charge in [0.2, 0.25) is 5.91 Å². The van der Waals surface area contributed by atoms with Gasteiger partial charge in [-0.3, -0.25) is 14.4 Å². The molecule has 0 aliphatic rings. The van der Waals surface area contributed by atoms with Gasteiger partial charge in [-0.25, -0.2) is 0 Å². The van der Waals surface area contributed by atoms with E-state index in [2.05, 4.69) is 16.0 Å². The summed E-state index contributed by atoms with van der Waals surface area (Å²) < 4.78 is 0. The van der Waals surface area contributed by atoms with E-state index < -0.39 is 17.1 Å². The second-order valence-corrected chi connectivity index (χ2v) is 11.8. The second-order valence-electron chi connectivity index (χ2n) is 9.79. The van der Waals surface area contributed by atoms with Crippen molar-refractivity contribution in [3.05, 3.63) is 166 Å². The van der Waals surface area contributed by atoms with Crippen LogP contribution in [0.4, 0.5) is 11.4 Å².